The van der Waals surface area contributed by atoms with Crippen molar-refractivity contribution in [1.82, 2.24) is 15.2 Å². The van der Waals surface area contributed by atoms with Crippen LogP contribution in [0.25, 0.3) is 10.2 Å². The number of carbonyl (C=O) groups excluding carboxylic acids is 2. The molecule has 1 aromatic carbocycles. The quantitative estimate of drug-likeness (QED) is 0.669. The van der Waals surface area contributed by atoms with Crippen LogP contribution in [0, 0.1) is 5.92 Å². The molecule has 7 nitrogen and oxygen atoms in total. The van der Waals surface area contributed by atoms with Crippen LogP contribution in [0.1, 0.15) is 6.42 Å². The van der Waals surface area contributed by atoms with Crippen LogP contribution >= 0.6 is 23.1 Å². The van der Waals surface area contributed by atoms with E-state index in [1.54, 1.807) is 18.2 Å². The Morgan fingerprint density at radius 2 is 2.13 bits per heavy atom. The Bertz CT molecular complexity index is 940. The predicted molar refractivity (Wildman–Crippen MR) is 108 cm³/mol. The Morgan fingerprint density at radius 3 is 2.83 bits per heavy atom. The second-order valence-corrected chi connectivity index (χ2v) is 9.41. The molecule has 162 valence electrons. The Balaban J connectivity index is 1.30. The summed E-state index contributed by atoms with van der Waals surface area (Å²) in [4.78, 5) is 29.7. The zero-order valence-electron chi connectivity index (χ0n) is 15.7. The molecule has 0 radical (unpaired) electrons. The summed E-state index contributed by atoms with van der Waals surface area (Å²) in [5.74, 6) is -1.28. The van der Waals surface area contributed by atoms with Gasteiger partial charge >= 0.3 is 12.2 Å². The molecule has 2 aliphatic heterocycles. The van der Waals surface area contributed by atoms with Gasteiger partial charge in [0, 0.05) is 25.4 Å². The summed E-state index contributed by atoms with van der Waals surface area (Å²) in [6.45, 7) is 0.553. The van der Waals surface area contributed by atoms with E-state index in [0.29, 0.717) is 18.9 Å². The maximum atomic E-state index is 12.6. The van der Waals surface area contributed by atoms with Gasteiger partial charge in [-0.2, -0.15) is 13.2 Å². The van der Waals surface area contributed by atoms with E-state index in [-0.39, 0.29) is 30.8 Å². The summed E-state index contributed by atoms with van der Waals surface area (Å²) in [6, 6.07) is 4.63. The molecule has 0 bridgehead atoms. The van der Waals surface area contributed by atoms with Crippen LogP contribution < -0.4 is 10.6 Å². The van der Waals surface area contributed by atoms with Crippen molar-refractivity contribution in [3.8, 4) is 0 Å². The maximum absolute atomic E-state index is 12.6. The maximum Gasteiger partial charge on any atom is 0.395 e. The highest BCUT2D eigenvalue weighted by molar-refractivity contribution is 8.01. The second kappa shape index (κ2) is 8.60. The zero-order valence-corrected chi connectivity index (χ0v) is 17.3. The lowest BCUT2D eigenvalue weighted by Gasteiger charge is -2.39. The Hall–Kier alpha value is -2.05. The number of likely N-dealkylation sites (tertiary alicyclic amines) is 1. The van der Waals surface area contributed by atoms with E-state index < -0.39 is 18.1 Å². The zero-order chi connectivity index (χ0) is 21.3. The van der Waals surface area contributed by atoms with E-state index in [9.17, 15) is 22.8 Å². The van der Waals surface area contributed by atoms with Gasteiger partial charge in [-0.15, -0.1) is 11.3 Å². The van der Waals surface area contributed by atoms with Crippen molar-refractivity contribution >= 4 is 50.9 Å². The van der Waals surface area contributed by atoms with E-state index in [0.717, 1.165) is 25.9 Å². The number of thiazole rings is 1. The average molecular weight is 461 g/mol. The summed E-state index contributed by atoms with van der Waals surface area (Å²) in [7, 11) is 0. The van der Waals surface area contributed by atoms with Crippen LogP contribution in [0.3, 0.4) is 0 Å². The summed E-state index contributed by atoms with van der Waals surface area (Å²) in [5.41, 5.74) is 1.22. The normalized spacial score (nSPS) is 19.7. The molecule has 30 heavy (non-hydrogen) atoms. The molecule has 3 amide bonds. The van der Waals surface area contributed by atoms with Crippen molar-refractivity contribution in [2.45, 2.75) is 23.0 Å². The fraction of sp³-hybridized carbons (Fsp3) is 0.500. The second-order valence-electron chi connectivity index (χ2n) is 7.15. The monoisotopic (exact) mass is 460 g/mol. The number of amides is 3. The minimum absolute atomic E-state index is 0.0671. The molecule has 0 spiro atoms. The van der Waals surface area contributed by atoms with Gasteiger partial charge in [-0.05, 0) is 24.6 Å². The molecule has 2 aliphatic rings. The lowest BCUT2D eigenvalue weighted by molar-refractivity contribution is -0.201. The molecule has 2 N–H and O–H groups in total. The van der Waals surface area contributed by atoms with Crippen molar-refractivity contribution in [2.75, 3.05) is 37.4 Å². The fourth-order valence-corrected chi connectivity index (χ4v) is 5.06. The Morgan fingerprint density at radius 1 is 1.33 bits per heavy atom. The van der Waals surface area contributed by atoms with E-state index in [1.807, 2.05) is 0 Å². The number of hydrogen-bond donors (Lipinski definition) is 2. The van der Waals surface area contributed by atoms with Crippen molar-refractivity contribution < 1.29 is 27.5 Å². The molecule has 0 saturated carbocycles. The van der Waals surface area contributed by atoms with Crippen LogP contribution in [0.4, 0.5) is 23.7 Å². The molecule has 0 unspecified atom stereocenters. The molecular formula is C18H19F3N4O3S2. The number of benzene rings is 1. The minimum Gasteiger partial charge on any atom is -0.379 e. The van der Waals surface area contributed by atoms with Gasteiger partial charge in [0.1, 0.15) is 0 Å². The summed E-state index contributed by atoms with van der Waals surface area (Å²) < 4.78 is 44.4. The number of aromatic nitrogens is 1. The molecule has 12 heteroatoms. The first kappa shape index (κ1) is 21.2. The number of hydrogen-bond acceptors (Lipinski definition) is 6. The molecule has 2 fully saturated rings. The average Bonchev–Trinajstić information content (AvgIpc) is 3.26. The first-order chi connectivity index (χ1) is 14.3. The number of alkyl halides is 3. The molecule has 2 aromatic rings. The van der Waals surface area contributed by atoms with Gasteiger partial charge in [0.15, 0.2) is 4.34 Å². The number of nitrogens with one attached hydrogen (secondary N) is 2. The van der Waals surface area contributed by atoms with Gasteiger partial charge in [-0.1, -0.05) is 11.8 Å². The number of anilines is 1. The summed E-state index contributed by atoms with van der Waals surface area (Å²) in [5, 5.41) is 5.54. The van der Waals surface area contributed by atoms with E-state index in [4.69, 9.17) is 4.74 Å². The van der Waals surface area contributed by atoms with E-state index >= 15 is 0 Å². The molecule has 1 atom stereocenters. The fourth-order valence-electron chi connectivity index (χ4n) is 3.14. The van der Waals surface area contributed by atoms with Crippen molar-refractivity contribution in [3.63, 3.8) is 0 Å². The van der Waals surface area contributed by atoms with Crippen molar-refractivity contribution in [3.05, 3.63) is 18.2 Å². The van der Waals surface area contributed by atoms with Crippen LogP contribution in [0.5, 0.6) is 0 Å². The first-order valence-electron chi connectivity index (χ1n) is 9.31. The number of rotatable bonds is 5. The van der Waals surface area contributed by atoms with Gasteiger partial charge in [0.05, 0.1) is 34.5 Å². The molecule has 2 saturated heterocycles. The van der Waals surface area contributed by atoms with Crippen LogP contribution in [-0.2, 0) is 9.53 Å². The number of thioether (sulfide) groups is 1. The molecule has 4 rings (SSSR count). The van der Waals surface area contributed by atoms with Crippen LogP contribution in [0.2, 0.25) is 0 Å². The third kappa shape index (κ3) is 4.98. The molecule has 0 aliphatic carbocycles. The Labute approximate surface area is 178 Å². The number of fused-ring (bicyclic) bond motifs is 1. The molecule has 3 heterocycles. The third-order valence-corrected chi connectivity index (χ3v) is 7.03. The minimum atomic E-state index is -4.27. The number of urea groups is 1. The van der Waals surface area contributed by atoms with E-state index in [1.165, 1.54) is 23.1 Å². The SMILES string of the molecule is O=C(CSc1nc2ccc(NC(=O)N3CC(C(F)(F)F)C3)cc2s1)N[C@@H]1CCOC1. The Kier molecular flexibility index (Phi) is 6.07. The number of carbonyl (C=O) groups is 2. The smallest absolute Gasteiger partial charge is 0.379 e. The van der Waals surface area contributed by atoms with Gasteiger partial charge < -0.3 is 20.3 Å². The standard InChI is InChI=1S/C18H19F3N4O3S2/c19-18(20,21)10-6-25(7-10)16(27)23-11-1-2-13-14(5-11)30-17(24-13)29-9-15(26)22-12-3-4-28-8-12/h1-2,5,10,12H,3-4,6-9H2,(H,22,26)(H,23,27)/t12-/m1/s1. The lowest BCUT2D eigenvalue weighted by atomic mass is 10.0. The van der Waals surface area contributed by atoms with Crippen LogP contribution in [-0.4, -0.2) is 66.1 Å². The van der Waals surface area contributed by atoms with Crippen molar-refractivity contribution in [1.29, 1.82) is 0 Å². The highest BCUT2D eigenvalue weighted by atomic mass is 32.2. The number of ether oxygens (including phenoxy) is 1. The lowest BCUT2D eigenvalue weighted by Crippen LogP contribution is -2.56. The van der Waals surface area contributed by atoms with Crippen LogP contribution in [0.15, 0.2) is 22.5 Å². The number of nitrogens with zero attached hydrogens (tertiary/aromatic N) is 2. The topological polar surface area (TPSA) is 83.6 Å². The largest absolute Gasteiger partial charge is 0.395 e. The van der Waals surface area contributed by atoms with E-state index in [2.05, 4.69) is 15.6 Å². The highest BCUT2D eigenvalue weighted by Crippen LogP contribution is 2.34. The highest BCUT2D eigenvalue weighted by Gasteiger charge is 2.48. The van der Waals surface area contributed by atoms with Crippen molar-refractivity contribution in [2.24, 2.45) is 5.92 Å². The molecular weight excluding hydrogens is 441 g/mol. The summed E-state index contributed by atoms with van der Waals surface area (Å²) in [6.07, 6.45) is -3.45. The number of halogens is 3. The van der Waals surface area contributed by atoms with Gasteiger partial charge in [-0.3, -0.25) is 4.79 Å². The van der Waals surface area contributed by atoms with Gasteiger partial charge in [-0.25, -0.2) is 9.78 Å². The van der Waals surface area contributed by atoms with Gasteiger partial charge in [0.2, 0.25) is 5.91 Å². The predicted octanol–water partition coefficient (Wildman–Crippen LogP) is 3.32. The molecule has 1 aromatic heterocycles. The third-order valence-electron chi connectivity index (χ3n) is 4.87. The van der Waals surface area contributed by atoms with Gasteiger partial charge in [0.25, 0.3) is 0 Å². The first-order valence-corrected chi connectivity index (χ1v) is 11.1. The summed E-state index contributed by atoms with van der Waals surface area (Å²) >= 11 is 2.72.